The number of aromatic nitrogens is 2. The Hall–Kier alpha value is -2.90. The van der Waals surface area contributed by atoms with Crippen LogP contribution in [0.2, 0.25) is 10.0 Å². The quantitative estimate of drug-likeness (QED) is 0.497. The van der Waals surface area contributed by atoms with Crippen molar-refractivity contribution in [1.29, 1.82) is 0 Å². The second kappa shape index (κ2) is 9.54. The highest BCUT2D eigenvalue weighted by Gasteiger charge is 2.06. The van der Waals surface area contributed by atoms with E-state index in [1.807, 2.05) is 6.07 Å². The molecular weight excluding hydrogens is 423 g/mol. The molecule has 2 aromatic carbocycles. The van der Waals surface area contributed by atoms with E-state index >= 15 is 0 Å². The van der Waals surface area contributed by atoms with E-state index in [4.69, 9.17) is 23.2 Å². The van der Waals surface area contributed by atoms with Crippen LogP contribution in [0.3, 0.4) is 0 Å². The molecule has 0 aliphatic heterocycles. The van der Waals surface area contributed by atoms with Crippen LogP contribution in [0.25, 0.3) is 6.08 Å². The molecule has 1 N–H and O–H groups in total. The molecule has 0 saturated carbocycles. The van der Waals surface area contributed by atoms with Crippen molar-refractivity contribution in [1.82, 2.24) is 9.78 Å². The fourth-order valence-electron chi connectivity index (χ4n) is 2.44. The van der Waals surface area contributed by atoms with Crippen molar-refractivity contribution < 1.29 is 18.3 Å². The molecule has 0 spiro atoms. The lowest BCUT2D eigenvalue weighted by Crippen LogP contribution is -2.09. The molecule has 0 fully saturated rings. The lowest BCUT2D eigenvalue weighted by Gasteiger charge is -2.05. The molecule has 1 aromatic heterocycles. The lowest BCUT2D eigenvalue weighted by atomic mass is 10.2. The molecule has 0 radical (unpaired) electrons. The van der Waals surface area contributed by atoms with Crippen molar-refractivity contribution in [3.63, 3.8) is 0 Å². The van der Waals surface area contributed by atoms with E-state index in [0.29, 0.717) is 28.0 Å². The molecule has 0 aliphatic carbocycles. The van der Waals surface area contributed by atoms with Gasteiger partial charge in [-0.1, -0.05) is 41.4 Å². The fourth-order valence-corrected chi connectivity index (χ4v) is 2.91. The van der Waals surface area contributed by atoms with Gasteiger partial charge in [0.05, 0.1) is 6.54 Å². The Morgan fingerprint density at radius 3 is 2.62 bits per heavy atom. The minimum absolute atomic E-state index is 0.0490. The first-order chi connectivity index (χ1) is 13.9. The van der Waals surface area contributed by atoms with Crippen molar-refractivity contribution >= 4 is 41.0 Å². The molecule has 5 nitrogen and oxygen atoms in total. The van der Waals surface area contributed by atoms with Crippen molar-refractivity contribution in [2.45, 2.75) is 13.2 Å². The Kier molecular flexibility index (Phi) is 6.85. The van der Waals surface area contributed by atoms with Crippen LogP contribution >= 0.6 is 23.2 Å². The second-order valence-corrected chi connectivity index (χ2v) is 6.75. The molecule has 0 unspecified atom stereocenters. The van der Waals surface area contributed by atoms with E-state index in [-0.39, 0.29) is 11.7 Å². The van der Waals surface area contributed by atoms with Gasteiger partial charge in [0.15, 0.2) is 5.82 Å². The molecule has 0 aliphatic rings. The Labute approximate surface area is 175 Å². The number of carbonyl (C=O) groups is 1. The third-order valence-electron chi connectivity index (χ3n) is 3.77. The fraction of sp³-hybridized carbons (Fsp3) is 0.100. The highest BCUT2D eigenvalue weighted by atomic mass is 35.5. The molecule has 3 aromatic rings. The number of amides is 1. The summed E-state index contributed by atoms with van der Waals surface area (Å²) in [6.45, 7) is -2.45. The predicted molar refractivity (Wildman–Crippen MR) is 109 cm³/mol. The van der Waals surface area contributed by atoms with Crippen molar-refractivity contribution in [3.8, 4) is 5.75 Å². The number of anilines is 1. The van der Waals surface area contributed by atoms with E-state index in [2.05, 4.69) is 15.2 Å². The van der Waals surface area contributed by atoms with Crippen LogP contribution in [0, 0.1) is 0 Å². The number of nitrogens with one attached hydrogen (secondary N) is 1. The van der Waals surface area contributed by atoms with E-state index in [0.717, 1.165) is 5.56 Å². The van der Waals surface area contributed by atoms with E-state index in [1.165, 1.54) is 18.2 Å². The number of alkyl halides is 2. The standard InChI is InChI=1S/C20H15Cl2F2N3O2/c21-15-5-4-14(17(22)11-15)12-27-10-9-18(26-27)25-19(28)8-3-13-1-6-16(7-2-13)29-20(23)24/h1-11,20H,12H2,(H,25,26,28)/b8-3-. The first kappa shape index (κ1) is 20.8. The van der Waals surface area contributed by atoms with Crippen LogP contribution < -0.4 is 10.1 Å². The Morgan fingerprint density at radius 1 is 1.17 bits per heavy atom. The number of hydrogen-bond acceptors (Lipinski definition) is 3. The van der Waals surface area contributed by atoms with E-state index in [9.17, 15) is 13.6 Å². The molecule has 0 bridgehead atoms. The van der Waals surface area contributed by atoms with Crippen LogP contribution in [0.5, 0.6) is 5.75 Å². The summed E-state index contributed by atoms with van der Waals surface area (Å²) in [7, 11) is 0. The topological polar surface area (TPSA) is 56.1 Å². The van der Waals surface area contributed by atoms with Gasteiger partial charge in [-0.05, 0) is 41.5 Å². The molecular formula is C20H15Cl2F2N3O2. The average molecular weight is 438 g/mol. The number of benzene rings is 2. The molecule has 0 saturated heterocycles. The Morgan fingerprint density at radius 2 is 1.93 bits per heavy atom. The zero-order valence-corrected chi connectivity index (χ0v) is 16.4. The molecule has 29 heavy (non-hydrogen) atoms. The predicted octanol–water partition coefficient (Wildman–Crippen LogP) is 5.49. The normalized spacial score (nSPS) is 11.2. The van der Waals surface area contributed by atoms with Crippen molar-refractivity contribution in [3.05, 3.63) is 82.0 Å². The summed E-state index contributed by atoms with van der Waals surface area (Å²) < 4.78 is 30.2. The molecule has 150 valence electrons. The van der Waals surface area contributed by atoms with Gasteiger partial charge in [-0.3, -0.25) is 9.48 Å². The summed E-state index contributed by atoms with van der Waals surface area (Å²) >= 11 is 12.0. The largest absolute Gasteiger partial charge is 0.435 e. The minimum Gasteiger partial charge on any atom is -0.435 e. The zero-order valence-electron chi connectivity index (χ0n) is 14.9. The summed E-state index contributed by atoms with van der Waals surface area (Å²) in [6.07, 6.45) is 4.58. The zero-order chi connectivity index (χ0) is 20.8. The third kappa shape index (κ3) is 6.30. The average Bonchev–Trinajstić information content (AvgIpc) is 3.10. The number of carbonyl (C=O) groups excluding carboxylic acids is 1. The number of halogens is 4. The molecule has 9 heteroatoms. The smallest absolute Gasteiger partial charge is 0.387 e. The highest BCUT2D eigenvalue weighted by Crippen LogP contribution is 2.22. The highest BCUT2D eigenvalue weighted by molar-refractivity contribution is 6.35. The summed E-state index contributed by atoms with van der Waals surface area (Å²) in [6, 6.07) is 12.8. The van der Waals surface area contributed by atoms with Gasteiger partial charge < -0.3 is 10.1 Å². The first-order valence-electron chi connectivity index (χ1n) is 8.40. The molecule has 0 atom stereocenters. The van der Waals surface area contributed by atoms with Gasteiger partial charge in [0, 0.05) is 28.4 Å². The van der Waals surface area contributed by atoms with Gasteiger partial charge in [-0.2, -0.15) is 13.9 Å². The maximum atomic E-state index is 12.1. The summed E-state index contributed by atoms with van der Waals surface area (Å²) in [4.78, 5) is 12.1. The van der Waals surface area contributed by atoms with E-state index in [1.54, 1.807) is 47.3 Å². The Bertz CT molecular complexity index is 1020. The van der Waals surface area contributed by atoms with Gasteiger partial charge in [-0.25, -0.2) is 0 Å². The van der Waals surface area contributed by atoms with Crippen LogP contribution in [0.15, 0.2) is 60.8 Å². The van der Waals surface area contributed by atoms with Crippen LogP contribution in [-0.2, 0) is 11.3 Å². The van der Waals surface area contributed by atoms with Gasteiger partial charge in [0.1, 0.15) is 5.75 Å². The molecule has 1 amide bonds. The summed E-state index contributed by atoms with van der Waals surface area (Å²) in [5.74, 6) is 0.0473. The number of ether oxygens (including phenoxy) is 1. The van der Waals surface area contributed by atoms with E-state index < -0.39 is 6.61 Å². The van der Waals surface area contributed by atoms with Crippen molar-refractivity contribution in [2.75, 3.05) is 5.32 Å². The Balaban J connectivity index is 1.56. The molecule has 1 heterocycles. The van der Waals surface area contributed by atoms with Gasteiger partial charge in [0.25, 0.3) is 0 Å². The maximum absolute atomic E-state index is 12.1. The number of hydrogen-bond donors (Lipinski definition) is 1. The third-order valence-corrected chi connectivity index (χ3v) is 4.36. The summed E-state index contributed by atoms with van der Waals surface area (Å²) in [5, 5.41) is 8.00. The van der Waals surface area contributed by atoms with Gasteiger partial charge in [0.2, 0.25) is 5.91 Å². The van der Waals surface area contributed by atoms with Crippen LogP contribution in [0.4, 0.5) is 14.6 Å². The summed E-state index contributed by atoms with van der Waals surface area (Å²) in [5.41, 5.74) is 1.50. The monoisotopic (exact) mass is 437 g/mol. The minimum atomic E-state index is -2.88. The lowest BCUT2D eigenvalue weighted by molar-refractivity contribution is -0.111. The van der Waals surface area contributed by atoms with Gasteiger partial charge >= 0.3 is 6.61 Å². The van der Waals surface area contributed by atoms with Crippen LogP contribution in [-0.4, -0.2) is 22.3 Å². The molecule has 3 rings (SSSR count). The second-order valence-electron chi connectivity index (χ2n) is 5.90. The SMILES string of the molecule is O=C(/C=C\c1ccc(OC(F)F)cc1)Nc1ccn(Cc2ccc(Cl)cc2Cl)n1. The van der Waals surface area contributed by atoms with Gasteiger partial charge in [-0.15, -0.1) is 0 Å². The van der Waals surface area contributed by atoms with Crippen molar-refractivity contribution in [2.24, 2.45) is 0 Å². The number of nitrogens with zero attached hydrogens (tertiary/aromatic N) is 2. The number of rotatable bonds is 7. The first-order valence-corrected chi connectivity index (χ1v) is 9.16. The maximum Gasteiger partial charge on any atom is 0.387 e. The van der Waals surface area contributed by atoms with Crippen LogP contribution in [0.1, 0.15) is 11.1 Å².